The van der Waals surface area contributed by atoms with Crippen LogP contribution in [0, 0.1) is 0 Å². The van der Waals surface area contributed by atoms with Gasteiger partial charge in [-0.05, 0) is 38.1 Å². The minimum absolute atomic E-state index is 0.142. The highest BCUT2D eigenvalue weighted by Crippen LogP contribution is 2.17. The van der Waals surface area contributed by atoms with Crippen molar-refractivity contribution in [1.29, 1.82) is 0 Å². The first-order valence-electron chi connectivity index (χ1n) is 7.58. The molecular formula is C19H18N2O2. The second kappa shape index (κ2) is 6.08. The molecule has 0 saturated heterocycles. The number of pyridine rings is 1. The maximum atomic E-state index is 12.7. The van der Waals surface area contributed by atoms with E-state index in [0.717, 1.165) is 5.52 Å². The Morgan fingerprint density at radius 3 is 2.35 bits per heavy atom. The van der Waals surface area contributed by atoms with Gasteiger partial charge in [0.15, 0.2) is 0 Å². The molecule has 4 nitrogen and oxygen atoms in total. The van der Waals surface area contributed by atoms with Crippen molar-refractivity contribution in [1.82, 2.24) is 4.57 Å². The summed E-state index contributed by atoms with van der Waals surface area (Å²) in [5, 5.41) is 3.33. The molecule has 3 rings (SSSR count). The first-order chi connectivity index (χ1) is 11.1. The highest BCUT2D eigenvalue weighted by atomic mass is 16.2. The summed E-state index contributed by atoms with van der Waals surface area (Å²) in [6, 6.07) is 16.6. The molecule has 0 aliphatic heterocycles. The molecule has 0 saturated carbocycles. The van der Waals surface area contributed by atoms with Gasteiger partial charge in [0.25, 0.3) is 5.91 Å². The zero-order valence-corrected chi connectivity index (χ0v) is 13.1. The van der Waals surface area contributed by atoms with Crippen LogP contribution >= 0.6 is 0 Å². The summed E-state index contributed by atoms with van der Waals surface area (Å²) in [4.78, 5) is 25.2. The molecule has 2 aromatic carbocycles. The van der Waals surface area contributed by atoms with Crippen LogP contribution in [-0.4, -0.2) is 10.5 Å². The Bertz CT molecular complexity index is 912. The fraction of sp³-hybridized carbons (Fsp3) is 0.158. The number of fused-ring (bicyclic) bond motifs is 1. The van der Waals surface area contributed by atoms with Crippen LogP contribution in [0.1, 0.15) is 30.2 Å². The summed E-state index contributed by atoms with van der Waals surface area (Å²) in [5.74, 6) is -0.388. The molecule has 0 bridgehead atoms. The molecule has 4 heteroatoms. The zero-order valence-electron chi connectivity index (χ0n) is 13.1. The van der Waals surface area contributed by atoms with E-state index in [1.807, 2.05) is 54.8 Å². The van der Waals surface area contributed by atoms with Crippen molar-refractivity contribution in [3.8, 4) is 0 Å². The van der Waals surface area contributed by atoms with Gasteiger partial charge in [-0.2, -0.15) is 0 Å². The van der Waals surface area contributed by atoms with E-state index >= 15 is 0 Å². The number of hydrogen-bond donors (Lipinski definition) is 1. The summed E-state index contributed by atoms with van der Waals surface area (Å²) in [7, 11) is 0. The van der Waals surface area contributed by atoms with E-state index in [4.69, 9.17) is 0 Å². The molecule has 3 aromatic rings. The van der Waals surface area contributed by atoms with E-state index in [1.54, 1.807) is 24.4 Å². The van der Waals surface area contributed by atoms with Crippen LogP contribution in [0.4, 0.5) is 5.69 Å². The van der Waals surface area contributed by atoms with Crippen LogP contribution in [0.2, 0.25) is 0 Å². The van der Waals surface area contributed by atoms with Gasteiger partial charge >= 0.3 is 0 Å². The van der Waals surface area contributed by atoms with E-state index < -0.39 is 0 Å². The largest absolute Gasteiger partial charge is 0.344 e. The monoisotopic (exact) mass is 306 g/mol. The van der Waals surface area contributed by atoms with Crippen molar-refractivity contribution in [2.45, 2.75) is 19.9 Å². The molecule has 0 atom stereocenters. The number of rotatable bonds is 3. The quantitative estimate of drug-likeness (QED) is 0.799. The molecule has 0 aliphatic carbocycles. The van der Waals surface area contributed by atoms with Crippen molar-refractivity contribution in [3.63, 3.8) is 0 Å². The molecule has 0 aliphatic rings. The lowest BCUT2D eigenvalue weighted by molar-refractivity contribution is 0.102. The van der Waals surface area contributed by atoms with E-state index in [1.165, 1.54) is 0 Å². The lowest BCUT2D eigenvalue weighted by Crippen LogP contribution is -2.24. The minimum atomic E-state index is -0.388. The second-order valence-electron chi connectivity index (χ2n) is 5.71. The van der Waals surface area contributed by atoms with Crippen LogP contribution < -0.4 is 10.7 Å². The molecule has 0 spiro atoms. The smallest absolute Gasteiger partial charge is 0.261 e. The molecule has 0 fully saturated rings. The molecule has 0 radical (unpaired) electrons. The topological polar surface area (TPSA) is 51.1 Å². The number of nitrogens with zero attached hydrogens (tertiary/aromatic N) is 1. The molecule has 1 amide bonds. The molecule has 116 valence electrons. The molecule has 1 aromatic heterocycles. The third-order valence-electron chi connectivity index (χ3n) is 3.77. The number of carbonyl (C=O) groups excluding carboxylic acids is 1. The lowest BCUT2D eigenvalue weighted by atomic mass is 10.1. The van der Waals surface area contributed by atoms with Crippen molar-refractivity contribution in [3.05, 3.63) is 76.6 Å². The van der Waals surface area contributed by atoms with Gasteiger partial charge in [-0.1, -0.05) is 30.3 Å². The molecule has 1 N–H and O–H groups in total. The molecule has 1 heterocycles. The molecule has 0 unspecified atom stereocenters. The SMILES string of the molecule is CC(C)n1cc(C(=O)Nc2ccccc2)c(=O)c2ccccc21. The highest BCUT2D eigenvalue weighted by Gasteiger charge is 2.16. The number of hydrogen-bond acceptors (Lipinski definition) is 2. The maximum Gasteiger partial charge on any atom is 0.261 e. The summed E-state index contributed by atoms with van der Waals surface area (Å²) >= 11 is 0. The van der Waals surface area contributed by atoms with Crippen LogP contribution in [0.5, 0.6) is 0 Å². The van der Waals surface area contributed by atoms with E-state index in [2.05, 4.69) is 5.32 Å². The van der Waals surface area contributed by atoms with Gasteiger partial charge in [0.05, 0.1) is 5.52 Å². The average Bonchev–Trinajstić information content (AvgIpc) is 2.56. The van der Waals surface area contributed by atoms with E-state index in [9.17, 15) is 9.59 Å². The molecular weight excluding hydrogens is 288 g/mol. The third-order valence-corrected chi connectivity index (χ3v) is 3.77. The maximum absolute atomic E-state index is 12.7. The van der Waals surface area contributed by atoms with Gasteiger partial charge in [0.2, 0.25) is 5.43 Å². The Labute approximate surface area is 134 Å². The predicted molar refractivity (Wildman–Crippen MR) is 93.0 cm³/mol. The van der Waals surface area contributed by atoms with Crippen LogP contribution in [0.3, 0.4) is 0 Å². The fourth-order valence-electron chi connectivity index (χ4n) is 2.61. The zero-order chi connectivity index (χ0) is 16.4. The number of carbonyl (C=O) groups is 1. The number of nitrogens with one attached hydrogen (secondary N) is 1. The van der Waals surface area contributed by atoms with Crippen molar-refractivity contribution >= 4 is 22.5 Å². The molecule has 23 heavy (non-hydrogen) atoms. The van der Waals surface area contributed by atoms with Gasteiger partial charge in [-0.25, -0.2) is 0 Å². The van der Waals surface area contributed by atoms with E-state index in [-0.39, 0.29) is 22.9 Å². The van der Waals surface area contributed by atoms with Crippen LogP contribution in [0.25, 0.3) is 10.9 Å². The van der Waals surface area contributed by atoms with E-state index in [0.29, 0.717) is 11.1 Å². The highest BCUT2D eigenvalue weighted by molar-refractivity contribution is 6.05. The van der Waals surface area contributed by atoms with Crippen LogP contribution in [-0.2, 0) is 0 Å². The Morgan fingerprint density at radius 1 is 1.00 bits per heavy atom. The Kier molecular flexibility index (Phi) is 3.98. The summed E-state index contributed by atoms with van der Waals surface area (Å²) in [6.07, 6.45) is 1.65. The van der Waals surface area contributed by atoms with Crippen molar-refractivity contribution in [2.75, 3.05) is 5.32 Å². The van der Waals surface area contributed by atoms with Gasteiger partial charge in [-0.15, -0.1) is 0 Å². The number of amides is 1. The Hall–Kier alpha value is -2.88. The minimum Gasteiger partial charge on any atom is -0.344 e. The van der Waals surface area contributed by atoms with Gasteiger partial charge in [0.1, 0.15) is 5.56 Å². The lowest BCUT2D eigenvalue weighted by Gasteiger charge is -2.16. The Morgan fingerprint density at radius 2 is 1.65 bits per heavy atom. The second-order valence-corrected chi connectivity index (χ2v) is 5.71. The number of anilines is 1. The van der Waals surface area contributed by atoms with Gasteiger partial charge in [0, 0.05) is 23.3 Å². The van der Waals surface area contributed by atoms with Gasteiger partial charge in [-0.3, -0.25) is 9.59 Å². The van der Waals surface area contributed by atoms with Crippen molar-refractivity contribution in [2.24, 2.45) is 0 Å². The standard InChI is InChI=1S/C19H18N2O2/c1-13(2)21-12-16(18(22)15-10-6-7-11-17(15)21)19(23)20-14-8-4-3-5-9-14/h3-13H,1-2H3,(H,20,23). The summed E-state index contributed by atoms with van der Waals surface area (Å²) < 4.78 is 1.96. The van der Waals surface area contributed by atoms with Crippen molar-refractivity contribution < 1.29 is 4.79 Å². The number of aromatic nitrogens is 1. The normalized spacial score (nSPS) is 10.9. The fourth-order valence-corrected chi connectivity index (χ4v) is 2.61. The Balaban J connectivity index is 2.12. The average molecular weight is 306 g/mol. The first kappa shape index (κ1) is 15.0. The summed E-state index contributed by atoms with van der Waals surface area (Å²) in [6.45, 7) is 4.05. The van der Waals surface area contributed by atoms with Gasteiger partial charge < -0.3 is 9.88 Å². The third kappa shape index (κ3) is 2.88. The summed E-state index contributed by atoms with van der Waals surface area (Å²) in [5.41, 5.74) is 1.41. The first-order valence-corrected chi connectivity index (χ1v) is 7.58. The predicted octanol–water partition coefficient (Wildman–Crippen LogP) is 3.83. The number of benzene rings is 2. The van der Waals surface area contributed by atoms with Crippen LogP contribution in [0.15, 0.2) is 65.6 Å². The number of para-hydroxylation sites is 2.